The summed E-state index contributed by atoms with van der Waals surface area (Å²) in [5.41, 5.74) is -2.06. The molecule has 1 amide bonds. The maximum absolute atomic E-state index is 13.1. The van der Waals surface area contributed by atoms with Crippen molar-refractivity contribution in [2.75, 3.05) is 19.7 Å². The number of hydrogen-bond acceptors (Lipinski definition) is 2. The number of nitrogens with zero attached hydrogens (tertiary/aromatic N) is 1. The van der Waals surface area contributed by atoms with Crippen LogP contribution in [0.15, 0.2) is 18.2 Å². The first-order valence-corrected chi connectivity index (χ1v) is 7.49. The highest BCUT2D eigenvalue weighted by atomic mass is 19.4. The van der Waals surface area contributed by atoms with E-state index in [4.69, 9.17) is 0 Å². The number of amides is 1. The molecular formula is C16H19F4NO2. The minimum Gasteiger partial charge on any atom is -0.396 e. The zero-order chi connectivity index (χ0) is 17.3. The minimum atomic E-state index is -4.79. The van der Waals surface area contributed by atoms with Gasteiger partial charge in [-0.05, 0) is 42.9 Å². The summed E-state index contributed by atoms with van der Waals surface area (Å²) in [6.45, 7) is 2.50. The van der Waals surface area contributed by atoms with Gasteiger partial charge < -0.3 is 10.0 Å². The molecule has 0 spiro atoms. The van der Waals surface area contributed by atoms with E-state index >= 15 is 0 Å². The molecule has 128 valence electrons. The molecule has 0 saturated carbocycles. The van der Waals surface area contributed by atoms with Gasteiger partial charge in [-0.15, -0.1) is 0 Å². The molecule has 0 atom stereocenters. The molecular weight excluding hydrogens is 314 g/mol. The summed E-state index contributed by atoms with van der Waals surface area (Å²) < 4.78 is 52.2. The second-order valence-electron chi connectivity index (χ2n) is 5.99. The Labute approximate surface area is 131 Å². The molecule has 0 aromatic heterocycles. The Hall–Kier alpha value is -1.63. The number of rotatable bonds is 3. The number of carbonyl (C=O) groups excluding carboxylic acids is 1. The molecule has 7 heteroatoms. The van der Waals surface area contributed by atoms with Gasteiger partial charge in [0.2, 0.25) is 0 Å². The molecule has 1 aromatic rings. The highest BCUT2D eigenvalue weighted by Crippen LogP contribution is 2.36. The molecule has 2 rings (SSSR count). The average Bonchev–Trinajstić information content (AvgIpc) is 2.53. The number of aliphatic hydroxyl groups is 1. The Morgan fingerprint density at radius 2 is 1.91 bits per heavy atom. The third kappa shape index (κ3) is 3.65. The lowest BCUT2D eigenvalue weighted by molar-refractivity contribution is -0.138. The van der Waals surface area contributed by atoms with E-state index < -0.39 is 29.0 Å². The van der Waals surface area contributed by atoms with Crippen LogP contribution in [0.25, 0.3) is 0 Å². The number of carbonyl (C=O) groups is 1. The largest absolute Gasteiger partial charge is 0.417 e. The van der Waals surface area contributed by atoms with Crippen molar-refractivity contribution < 1.29 is 27.5 Å². The summed E-state index contributed by atoms with van der Waals surface area (Å²) in [6.07, 6.45) is -2.97. The van der Waals surface area contributed by atoms with E-state index in [0.717, 1.165) is 18.6 Å². The van der Waals surface area contributed by atoms with E-state index in [0.29, 0.717) is 18.9 Å². The zero-order valence-electron chi connectivity index (χ0n) is 12.8. The fourth-order valence-corrected chi connectivity index (χ4v) is 2.92. The first-order valence-electron chi connectivity index (χ1n) is 7.49. The fourth-order valence-electron chi connectivity index (χ4n) is 2.92. The SMILES string of the molecule is CCC1(CO)CCN(C(=O)c2ccc(F)cc2C(F)(F)F)CC1. The van der Waals surface area contributed by atoms with Crippen molar-refractivity contribution in [2.24, 2.45) is 5.41 Å². The van der Waals surface area contributed by atoms with E-state index in [1.54, 1.807) is 0 Å². The second-order valence-corrected chi connectivity index (χ2v) is 5.99. The second kappa shape index (κ2) is 6.47. The van der Waals surface area contributed by atoms with Gasteiger partial charge in [-0.25, -0.2) is 4.39 Å². The van der Waals surface area contributed by atoms with Crippen molar-refractivity contribution in [1.29, 1.82) is 0 Å². The molecule has 1 aliphatic rings. The van der Waals surface area contributed by atoms with Crippen molar-refractivity contribution in [1.82, 2.24) is 4.90 Å². The number of benzene rings is 1. The lowest BCUT2D eigenvalue weighted by atomic mass is 9.77. The van der Waals surface area contributed by atoms with Gasteiger partial charge in [-0.1, -0.05) is 6.92 Å². The topological polar surface area (TPSA) is 40.5 Å². The summed E-state index contributed by atoms with van der Waals surface area (Å²) >= 11 is 0. The molecule has 23 heavy (non-hydrogen) atoms. The summed E-state index contributed by atoms with van der Waals surface area (Å²) in [5, 5.41) is 9.47. The summed E-state index contributed by atoms with van der Waals surface area (Å²) in [6, 6.07) is 2.09. The summed E-state index contributed by atoms with van der Waals surface area (Å²) in [7, 11) is 0. The molecule has 0 bridgehead atoms. The van der Waals surface area contributed by atoms with Gasteiger partial charge in [-0.2, -0.15) is 13.2 Å². The first kappa shape index (κ1) is 17.7. The van der Waals surface area contributed by atoms with Gasteiger partial charge in [0, 0.05) is 19.7 Å². The van der Waals surface area contributed by atoms with Crippen LogP contribution in [0.2, 0.25) is 0 Å². The Bertz CT molecular complexity index is 572. The molecule has 0 unspecified atom stereocenters. The van der Waals surface area contributed by atoms with E-state index in [9.17, 15) is 27.5 Å². The van der Waals surface area contributed by atoms with Crippen LogP contribution in [0.4, 0.5) is 17.6 Å². The van der Waals surface area contributed by atoms with E-state index in [1.807, 2.05) is 6.92 Å². The van der Waals surface area contributed by atoms with Crippen LogP contribution in [0.3, 0.4) is 0 Å². The van der Waals surface area contributed by atoms with Crippen molar-refractivity contribution in [3.05, 3.63) is 35.1 Å². The maximum Gasteiger partial charge on any atom is 0.417 e. The Morgan fingerprint density at radius 3 is 2.39 bits per heavy atom. The molecule has 1 aromatic carbocycles. The van der Waals surface area contributed by atoms with Gasteiger partial charge in [-0.3, -0.25) is 4.79 Å². The highest BCUT2D eigenvalue weighted by Gasteiger charge is 2.39. The number of hydrogen-bond donors (Lipinski definition) is 1. The molecule has 0 aliphatic carbocycles. The van der Waals surface area contributed by atoms with Crippen LogP contribution in [0.5, 0.6) is 0 Å². The highest BCUT2D eigenvalue weighted by molar-refractivity contribution is 5.96. The van der Waals surface area contributed by atoms with Crippen LogP contribution < -0.4 is 0 Å². The van der Waals surface area contributed by atoms with Gasteiger partial charge in [0.25, 0.3) is 5.91 Å². The van der Waals surface area contributed by atoms with Crippen LogP contribution in [0, 0.1) is 11.2 Å². The van der Waals surface area contributed by atoms with E-state index in [2.05, 4.69) is 0 Å². The van der Waals surface area contributed by atoms with Crippen molar-refractivity contribution >= 4 is 5.91 Å². The van der Waals surface area contributed by atoms with E-state index in [1.165, 1.54) is 4.90 Å². The van der Waals surface area contributed by atoms with Crippen molar-refractivity contribution in [2.45, 2.75) is 32.4 Å². The molecule has 1 fully saturated rings. The predicted octanol–water partition coefficient (Wildman–Crippen LogP) is 3.47. The molecule has 1 aliphatic heterocycles. The molecule has 1 saturated heterocycles. The number of likely N-dealkylation sites (tertiary alicyclic amines) is 1. The number of aliphatic hydroxyl groups excluding tert-OH is 1. The third-order valence-corrected chi connectivity index (χ3v) is 4.71. The maximum atomic E-state index is 13.1. The first-order chi connectivity index (χ1) is 10.7. The normalized spacial score (nSPS) is 18.1. The van der Waals surface area contributed by atoms with Gasteiger partial charge in [0.05, 0.1) is 11.1 Å². The molecule has 1 N–H and O–H groups in total. The average molecular weight is 333 g/mol. The number of halogens is 4. The third-order valence-electron chi connectivity index (χ3n) is 4.71. The van der Waals surface area contributed by atoms with Gasteiger partial charge in [0.15, 0.2) is 0 Å². The smallest absolute Gasteiger partial charge is 0.396 e. The minimum absolute atomic E-state index is 0.00409. The predicted molar refractivity (Wildman–Crippen MR) is 76.3 cm³/mol. The number of alkyl halides is 3. The molecule has 0 radical (unpaired) electrons. The quantitative estimate of drug-likeness (QED) is 0.861. The zero-order valence-corrected chi connectivity index (χ0v) is 12.8. The molecule has 1 heterocycles. The summed E-state index contributed by atoms with van der Waals surface area (Å²) in [4.78, 5) is 13.7. The van der Waals surface area contributed by atoms with Crippen LogP contribution in [-0.2, 0) is 6.18 Å². The van der Waals surface area contributed by atoms with Gasteiger partial charge in [0.1, 0.15) is 5.82 Å². The Balaban J connectivity index is 2.23. The standard InChI is InChI=1S/C16H19F4NO2/c1-2-15(10-22)5-7-21(8-6-15)14(23)12-4-3-11(17)9-13(12)16(18,19)20/h3-4,9,22H,2,5-8,10H2,1H3. The van der Waals surface area contributed by atoms with Crippen LogP contribution in [0.1, 0.15) is 42.1 Å². The van der Waals surface area contributed by atoms with Crippen LogP contribution >= 0.6 is 0 Å². The fraction of sp³-hybridized carbons (Fsp3) is 0.562. The Kier molecular flexibility index (Phi) is 4.98. The van der Waals surface area contributed by atoms with Crippen molar-refractivity contribution in [3.8, 4) is 0 Å². The summed E-state index contributed by atoms with van der Waals surface area (Å²) in [5.74, 6) is -1.78. The Morgan fingerprint density at radius 1 is 1.30 bits per heavy atom. The lowest BCUT2D eigenvalue weighted by Gasteiger charge is -2.40. The lowest BCUT2D eigenvalue weighted by Crippen LogP contribution is -2.44. The number of piperidine rings is 1. The van der Waals surface area contributed by atoms with Crippen LogP contribution in [-0.4, -0.2) is 35.6 Å². The van der Waals surface area contributed by atoms with Crippen molar-refractivity contribution in [3.63, 3.8) is 0 Å². The van der Waals surface area contributed by atoms with E-state index in [-0.39, 0.29) is 25.1 Å². The molecule has 3 nitrogen and oxygen atoms in total. The van der Waals surface area contributed by atoms with Gasteiger partial charge >= 0.3 is 6.18 Å². The monoisotopic (exact) mass is 333 g/mol.